The molecule has 0 aliphatic carbocycles. The molecule has 124 valence electrons. The van der Waals surface area contributed by atoms with Crippen molar-refractivity contribution in [2.75, 3.05) is 0 Å². The minimum Gasteiger partial charge on any atom is -0.327 e. The Bertz CT molecular complexity index is 1000. The van der Waals surface area contributed by atoms with E-state index in [0.29, 0.717) is 21.8 Å². The minimum absolute atomic E-state index is 0.0812. The Hall–Kier alpha value is -2.61. The van der Waals surface area contributed by atoms with E-state index in [1.165, 1.54) is 22.1 Å². The van der Waals surface area contributed by atoms with E-state index in [1.807, 2.05) is 5.38 Å². The minimum atomic E-state index is -0.749. The van der Waals surface area contributed by atoms with Gasteiger partial charge >= 0.3 is 0 Å². The first-order chi connectivity index (χ1) is 11.4. The third-order valence-electron chi connectivity index (χ3n) is 3.60. The van der Waals surface area contributed by atoms with Gasteiger partial charge in [0, 0.05) is 24.7 Å². The number of aromatic nitrogens is 3. The summed E-state index contributed by atoms with van der Waals surface area (Å²) in [6.45, 7) is 3.31. The van der Waals surface area contributed by atoms with E-state index in [9.17, 15) is 13.6 Å². The van der Waals surface area contributed by atoms with Crippen LogP contribution in [-0.2, 0) is 7.05 Å². The van der Waals surface area contributed by atoms with Crippen molar-refractivity contribution >= 4 is 17.2 Å². The van der Waals surface area contributed by atoms with Crippen LogP contribution in [0.1, 0.15) is 21.7 Å². The first kappa shape index (κ1) is 16.3. The highest BCUT2D eigenvalue weighted by molar-refractivity contribution is 7.07. The lowest BCUT2D eigenvalue weighted by Gasteiger charge is -2.06. The Kier molecular flexibility index (Phi) is 4.15. The second-order valence-corrected chi connectivity index (χ2v) is 6.14. The molecule has 2 heterocycles. The van der Waals surface area contributed by atoms with Crippen molar-refractivity contribution in [2.45, 2.75) is 13.8 Å². The van der Waals surface area contributed by atoms with E-state index < -0.39 is 17.5 Å². The van der Waals surface area contributed by atoms with Gasteiger partial charge in [0.05, 0.1) is 17.0 Å². The van der Waals surface area contributed by atoms with Crippen LogP contribution in [0.25, 0.3) is 5.69 Å². The van der Waals surface area contributed by atoms with Crippen molar-refractivity contribution in [3.05, 3.63) is 63.2 Å². The third kappa shape index (κ3) is 2.80. The van der Waals surface area contributed by atoms with Crippen molar-refractivity contribution in [1.82, 2.24) is 14.3 Å². The Balaban J connectivity index is 2.10. The zero-order valence-electron chi connectivity index (χ0n) is 13.2. The van der Waals surface area contributed by atoms with E-state index in [4.69, 9.17) is 0 Å². The van der Waals surface area contributed by atoms with Gasteiger partial charge in [-0.05, 0) is 26.0 Å². The van der Waals surface area contributed by atoms with Crippen LogP contribution < -0.4 is 4.80 Å². The van der Waals surface area contributed by atoms with Crippen LogP contribution in [0, 0.1) is 25.5 Å². The number of aryl methyl sites for hydroxylation is 2. The number of amides is 1. The van der Waals surface area contributed by atoms with Crippen LogP contribution in [0.2, 0.25) is 0 Å². The molecule has 0 aliphatic heterocycles. The highest BCUT2D eigenvalue weighted by Gasteiger charge is 2.20. The summed E-state index contributed by atoms with van der Waals surface area (Å²) >= 11 is 1.34. The van der Waals surface area contributed by atoms with Crippen molar-refractivity contribution in [2.24, 2.45) is 12.0 Å². The van der Waals surface area contributed by atoms with Crippen LogP contribution in [-0.4, -0.2) is 20.3 Å². The summed E-state index contributed by atoms with van der Waals surface area (Å²) in [7, 11) is 1.79. The fourth-order valence-corrected chi connectivity index (χ4v) is 3.15. The molecule has 8 heteroatoms. The van der Waals surface area contributed by atoms with Crippen molar-refractivity contribution in [1.29, 1.82) is 0 Å². The van der Waals surface area contributed by atoms with Crippen LogP contribution in [0.4, 0.5) is 8.78 Å². The fourth-order valence-electron chi connectivity index (χ4n) is 2.42. The van der Waals surface area contributed by atoms with Crippen LogP contribution in [0.3, 0.4) is 0 Å². The number of benzene rings is 1. The maximum atomic E-state index is 14.0. The molecule has 0 saturated heterocycles. The van der Waals surface area contributed by atoms with E-state index in [-0.39, 0.29) is 5.69 Å². The van der Waals surface area contributed by atoms with Crippen molar-refractivity contribution < 1.29 is 13.6 Å². The normalized spacial score (nSPS) is 12.0. The molecule has 2 aromatic heterocycles. The molecule has 3 rings (SSSR count). The Labute approximate surface area is 140 Å². The molecule has 5 nitrogen and oxygen atoms in total. The quantitative estimate of drug-likeness (QED) is 0.715. The van der Waals surface area contributed by atoms with Gasteiger partial charge in [-0.2, -0.15) is 10.1 Å². The highest BCUT2D eigenvalue weighted by atomic mass is 32.1. The summed E-state index contributed by atoms with van der Waals surface area (Å²) < 4.78 is 30.1. The van der Waals surface area contributed by atoms with Gasteiger partial charge in [0.2, 0.25) is 0 Å². The summed E-state index contributed by atoms with van der Waals surface area (Å²) in [5, 5.41) is 6.04. The standard InChI is InChI=1S/C16H14F2N4OS/c1-9-14(15(23)19-16-21(3)6-7-24-16)10(2)22(20-9)13-5-4-11(17)8-12(13)18/h4-8H,1-3H3. The smallest absolute Gasteiger partial charge is 0.283 e. The molecule has 0 spiro atoms. The lowest BCUT2D eigenvalue weighted by Crippen LogP contribution is -2.13. The second-order valence-electron chi connectivity index (χ2n) is 5.27. The number of nitrogens with zero attached hydrogens (tertiary/aromatic N) is 4. The average molecular weight is 348 g/mol. The van der Waals surface area contributed by atoms with Gasteiger partial charge < -0.3 is 4.57 Å². The predicted molar refractivity (Wildman–Crippen MR) is 86.1 cm³/mol. The third-order valence-corrected chi connectivity index (χ3v) is 4.45. The Morgan fingerprint density at radius 3 is 2.67 bits per heavy atom. The summed E-state index contributed by atoms with van der Waals surface area (Å²) in [5.74, 6) is -1.87. The molecule has 0 bridgehead atoms. The molecule has 1 amide bonds. The topological polar surface area (TPSA) is 52.2 Å². The van der Waals surface area contributed by atoms with Gasteiger partial charge in [-0.25, -0.2) is 13.5 Å². The molecule has 0 fully saturated rings. The van der Waals surface area contributed by atoms with E-state index in [2.05, 4.69) is 10.1 Å². The Morgan fingerprint density at radius 2 is 2.04 bits per heavy atom. The number of rotatable bonds is 2. The van der Waals surface area contributed by atoms with E-state index in [0.717, 1.165) is 12.1 Å². The van der Waals surface area contributed by atoms with Crippen LogP contribution in [0.5, 0.6) is 0 Å². The van der Waals surface area contributed by atoms with Gasteiger partial charge in [0.25, 0.3) is 5.91 Å². The number of carbonyl (C=O) groups is 1. The number of thiazole rings is 1. The lowest BCUT2D eigenvalue weighted by atomic mass is 10.2. The molecule has 3 aromatic rings. The molecule has 0 radical (unpaired) electrons. The molecule has 0 unspecified atom stereocenters. The van der Waals surface area contributed by atoms with Crippen LogP contribution >= 0.6 is 11.3 Å². The molecule has 24 heavy (non-hydrogen) atoms. The van der Waals surface area contributed by atoms with Gasteiger partial charge in [-0.15, -0.1) is 11.3 Å². The van der Waals surface area contributed by atoms with Gasteiger partial charge in [0.15, 0.2) is 10.6 Å². The Morgan fingerprint density at radius 1 is 1.29 bits per heavy atom. The maximum Gasteiger partial charge on any atom is 0.283 e. The largest absolute Gasteiger partial charge is 0.327 e. The highest BCUT2D eigenvalue weighted by Crippen LogP contribution is 2.21. The lowest BCUT2D eigenvalue weighted by molar-refractivity contribution is 0.0996. The summed E-state index contributed by atoms with van der Waals surface area (Å²) in [4.78, 5) is 17.2. The summed E-state index contributed by atoms with van der Waals surface area (Å²) in [5.41, 5.74) is 1.28. The molecule has 0 saturated carbocycles. The first-order valence-electron chi connectivity index (χ1n) is 7.09. The summed E-state index contributed by atoms with van der Waals surface area (Å²) in [6.07, 6.45) is 1.80. The van der Waals surface area contributed by atoms with Crippen molar-refractivity contribution in [3.63, 3.8) is 0 Å². The molecule has 1 aromatic carbocycles. The molecular formula is C16H14F2N4OS. The zero-order chi connectivity index (χ0) is 17.4. The zero-order valence-corrected chi connectivity index (χ0v) is 14.1. The number of carbonyl (C=O) groups excluding carboxylic acids is 1. The monoisotopic (exact) mass is 348 g/mol. The number of halogens is 2. The molecular weight excluding hydrogens is 334 g/mol. The van der Waals surface area contributed by atoms with Crippen LogP contribution in [0.15, 0.2) is 34.8 Å². The van der Waals surface area contributed by atoms with Crippen molar-refractivity contribution in [3.8, 4) is 5.69 Å². The molecule has 0 aliphatic rings. The number of hydrogen-bond acceptors (Lipinski definition) is 3. The number of hydrogen-bond donors (Lipinski definition) is 0. The predicted octanol–water partition coefficient (Wildman–Crippen LogP) is 2.91. The van der Waals surface area contributed by atoms with E-state index >= 15 is 0 Å². The van der Waals surface area contributed by atoms with Gasteiger partial charge in [0.1, 0.15) is 11.5 Å². The van der Waals surface area contributed by atoms with Gasteiger partial charge in [-0.3, -0.25) is 4.79 Å². The van der Waals surface area contributed by atoms with E-state index in [1.54, 1.807) is 31.7 Å². The van der Waals surface area contributed by atoms with Gasteiger partial charge in [-0.1, -0.05) is 0 Å². The maximum absolute atomic E-state index is 14.0. The average Bonchev–Trinajstić information content (AvgIpc) is 3.03. The second kappa shape index (κ2) is 6.12. The summed E-state index contributed by atoms with van der Waals surface area (Å²) in [6, 6.07) is 3.21. The fraction of sp³-hybridized carbons (Fsp3) is 0.188. The molecule has 0 atom stereocenters. The SMILES string of the molecule is Cc1nn(-c2ccc(F)cc2F)c(C)c1C(=O)N=c1sccn1C. The first-order valence-corrected chi connectivity index (χ1v) is 7.97. The molecule has 0 N–H and O–H groups in total.